The van der Waals surface area contributed by atoms with Crippen LogP contribution >= 0.6 is 0 Å². The summed E-state index contributed by atoms with van der Waals surface area (Å²) in [6.07, 6.45) is 7.46. The second-order valence-electron chi connectivity index (χ2n) is 6.35. The van der Waals surface area contributed by atoms with Crippen molar-refractivity contribution < 1.29 is 23.6 Å². The normalized spacial score (nSPS) is 13.1. The number of halogens is 1. The lowest BCUT2D eigenvalue weighted by molar-refractivity contribution is -0.377. The predicted octanol–water partition coefficient (Wildman–Crippen LogP) is 4.82. The molecule has 6 nitrogen and oxygen atoms in total. The van der Waals surface area contributed by atoms with E-state index >= 15 is 0 Å². The van der Waals surface area contributed by atoms with Gasteiger partial charge in [0.1, 0.15) is 23.8 Å². The number of aromatic hydroxyl groups is 1. The summed E-state index contributed by atoms with van der Waals surface area (Å²) in [4.78, 5) is -0.481. The molecular weight excluding hydrogens is 377 g/mol. The second-order valence-corrected chi connectivity index (χ2v) is 6.35. The third-order valence-electron chi connectivity index (χ3n) is 4.42. The van der Waals surface area contributed by atoms with E-state index in [2.05, 4.69) is 0 Å². The Morgan fingerprint density at radius 2 is 1.83 bits per heavy atom. The summed E-state index contributed by atoms with van der Waals surface area (Å²) in [5.74, 6) is 0.305. The van der Waals surface area contributed by atoms with E-state index in [1.165, 1.54) is 18.2 Å². The topological polar surface area (TPSA) is 91.7 Å². The van der Waals surface area contributed by atoms with Gasteiger partial charge in [-0.15, -0.1) is 0 Å². The maximum atomic E-state index is 13.7. The summed E-state index contributed by atoms with van der Waals surface area (Å²) in [6, 6.07) is 11.3. The van der Waals surface area contributed by atoms with Gasteiger partial charge in [-0.1, -0.05) is 18.2 Å². The molecule has 1 aromatic heterocycles. The van der Waals surface area contributed by atoms with E-state index in [1.54, 1.807) is 54.6 Å². The first-order chi connectivity index (χ1) is 14.0. The predicted molar refractivity (Wildman–Crippen MR) is 107 cm³/mol. The highest BCUT2D eigenvalue weighted by Crippen LogP contribution is 2.36. The Labute approximate surface area is 164 Å². The molecule has 1 N–H and O–H groups in total. The van der Waals surface area contributed by atoms with Crippen molar-refractivity contribution in [2.75, 3.05) is 0 Å². The molecule has 0 unspecified atom stereocenters. The minimum atomic E-state index is -0.481. The molecule has 146 valence electrons. The largest absolute Gasteiger partial charge is 0.612 e. The Morgan fingerprint density at radius 3 is 2.55 bits per heavy atom. The van der Waals surface area contributed by atoms with Gasteiger partial charge in [-0.25, -0.2) is 4.39 Å². The molecule has 0 radical (unpaired) electrons. The van der Waals surface area contributed by atoms with E-state index in [1.807, 2.05) is 0 Å². The number of benzene rings is 2. The first-order valence-corrected chi connectivity index (χ1v) is 8.72. The van der Waals surface area contributed by atoms with Gasteiger partial charge in [0.25, 0.3) is 0 Å². The molecule has 7 heteroatoms. The molecule has 0 spiro atoms. The highest BCUT2D eigenvalue weighted by molar-refractivity contribution is 6.03. The number of fused-ring (bicyclic) bond motifs is 1. The molecule has 3 aromatic rings. The van der Waals surface area contributed by atoms with Crippen LogP contribution in [-0.4, -0.2) is 15.7 Å². The monoisotopic (exact) mass is 392 g/mol. The van der Waals surface area contributed by atoms with Crippen molar-refractivity contribution in [3.05, 3.63) is 99.9 Å². The Morgan fingerprint density at radius 1 is 1.07 bits per heavy atom. The van der Waals surface area contributed by atoms with Crippen LogP contribution in [0.25, 0.3) is 17.0 Å². The second kappa shape index (κ2) is 7.55. The van der Waals surface area contributed by atoms with Gasteiger partial charge < -0.3 is 24.7 Å². The fraction of sp³-hybridized carbons (Fsp3) is 0.0455. The summed E-state index contributed by atoms with van der Waals surface area (Å²) in [5, 5.41) is 32.4. The van der Waals surface area contributed by atoms with Crippen molar-refractivity contribution in [1.82, 2.24) is 0 Å². The number of ether oxygens (including phenoxy) is 1. The van der Waals surface area contributed by atoms with Gasteiger partial charge in [0, 0.05) is 23.8 Å². The van der Waals surface area contributed by atoms with Crippen molar-refractivity contribution in [2.24, 2.45) is 0 Å². The van der Waals surface area contributed by atoms with E-state index in [0.717, 1.165) is 0 Å². The third kappa shape index (κ3) is 3.84. The highest BCUT2D eigenvalue weighted by Gasteiger charge is 2.14. The molecule has 0 amide bonds. The lowest BCUT2D eigenvalue weighted by atomic mass is 10.1. The molecule has 0 fully saturated rings. The van der Waals surface area contributed by atoms with Crippen molar-refractivity contribution >= 4 is 22.8 Å². The minimum absolute atomic E-state index is 0.0207. The molecule has 0 bridgehead atoms. The van der Waals surface area contributed by atoms with E-state index in [4.69, 9.17) is 9.15 Å². The van der Waals surface area contributed by atoms with Gasteiger partial charge >= 0.3 is 0 Å². The SMILES string of the molecule is [O-][N+]([O-])=C1C=CC(=Cc2oc3cc(OCc4ccccc4F)ccc3c2O)C=C1. The van der Waals surface area contributed by atoms with Crippen LogP contribution < -0.4 is 4.74 Å². The lowest BCUT2D eigenvalue weighted by Crippen LogP contribution is -2.06. The smallest absolute Gasteiger partial charge is 0.222 e. The van der Waals surface area contributed by atoms with Crippen LogP contribution in [0, 0.1) is 16.2 Å². The molecule has 4 rings (SSSR count). The molecular formula is C22H15FNO5-. The summed E-state index contributed by atoms with van der Waals surface area (Å²) in [6.45, 7) is 0.0622. The molecule has 2 aromatic carbocycles. The highest BCUT2D eigenvalue weighted by atomic mass is 19.1. The van der Waals surface area contributed by atoms with Gasteiger partial charge in [-0.2, -0.15) is 4.90 Å². The fourth-order valence-electron chi connectivity index (χ4n) is 2.89. The molecule has 1 aliphatic rings. The van der Waals surface area contributed by atoms with Crippen LogP contribution in [0.4, 0.5) is 4.39 Å². The van der Waals surface area contributed by atoms with E-state index in [0.29, 0.717) is 27.9 Å². The Bertz CT molecular complexity index is 1180. The van der Waals surface area contributed by atoms with Crippen LogP contribution in [-0.2, 0) is 6.61 Å². The zero-order valence-electron chi connectivity index (χ0n) is 15.0. The van der Waals surface area contributed by atoms with Crippen LogP contribution in [0.15, 0.2) is 76.8 Å². The lowest BCUT2D eigenvalue weighted by Gasteiger charge is -2.07. The average molecular weight is 392 g/mol. The fourth-order valence-corrected chi connectivity index (χ4v) is 2.89. The first-order valence-electron chi connectivity index (χ1n) is 8.72. The van der Waals surface area contributed by atoms with Gasteiger partial charge in [-0.05, 0) is 42.0 Å². The minimum Gasteiger partial charge on any atom is -0.612 e. The Kier molecular flexibility index (Phi) is 4.78. The summed E-state index contributed by atoms with van der Waals surface area (Å²) < 4.78 is 25.0. The standard InChI is InChI=1S/C22H15FNO5/c23-19-4-2-1-3-15(19)13-28-17-9-10-18-20(12-17)29-21(22(18)25)11-14-5-7-16(8-6-14)24(26)27/h1-12H,13H2,(H-,25,26,27)/q-1. The Balaban J connectivity index is 1.57. The van der Waals surface area contributed by atoms with E-state index in [-0.39, 0.29) is 29.6 Å². The first kappa shape index (κ1) is 18.4. The van der Waals surface area contributed by atoms with Gasteiger partial charge in [0.2, 0.25) is 5.71 Å². The van der Waals surface area contributed by atoms with Gasteiger partial charge in [-0.3, -0.25) is 0 Å². The number of nitrogens with zero attached hydrogens (tertiary/aromatic N) is 1. The van der Waals surface area contributed by atoms with Crippen molar-refractivity contribution in [1.29, 1.82) is 0 Å². The van der Waals surface area contributed by atoms with Crippen molar-refractivity contribution in [3.63, 3.8) is 0 Å². The number of hydrogen-bond acceptors (Lipinski definition) is 5. The van der Waals surface area contributed by atoms with Crippen molar-refractivity contribution in [2.45, 2.75) is 6.61 Å². The molecule has 1 aliphatic carbocycles. The molecule has 1 heterocycles. The van der Waals surface area contributed by atoms with Crippen LogP contribution in [0.3, 0.4) is 0 Å². The maximum absolute atomic E-state index is 13.7. The third-order valence-corrected chi connectivity index (χ3v) is 4.42. The van der Waals surface area contributed by atoms with Crippen LogP contribution in [0.5, 0.6) is 11.5 Å². The summed E-state index contributed by atoms with van der Waals surface area (Å²) >= 11 is 0. The van der Waals surface area contributed by atoms with Crippen molar-refractivity contribution in [3.8, 4) is 11.5 Å². The maximum Gasteiger partial charge on any atom is 0.222 e. The van der Waals surface area contributed by atoms with Gasteiger partial charge in [0.15, 0.2) is 11.5 Å². The zero-order valence-corrected chi connectivity index (χ0v) is 15.0. The number of furan rings is 1. The Hall–Kier alpha value is -4.00. The van der Waals surface area contributed by atoms with Gasteiger partial charge in [0.05, 0.1) is 5.39 Å². The molecule has 0 aliphatic heterocycles. The van der Waals surface area contributed by atoms with E-state index < -0.39 is 4.90 Å². The molecule has 0 atom stereocenters. The quantitative estimate of drug-likeness (QED) is 0.508. The molecule has 0 saturated heterocycles. The summed E-state index contributed by atoms with van der Waals surface area (Å²) in [5.41, 5.74) is 1.46. The van der Waals surface area contributed by atoms with Crippen LogP contribution in [0.1, 0.15) is 11.3 Å². The summed E-state index contributed by atoms with van der Waals surface area (Å²) in [7, 11) is 0. The van der Waals surface area contributed by atoms with Crippen LogP contribution in [0.2, 0.25) is 0 Å². The molecule has 29 heavy (non-hydrogen) atoms. The average Bonchev–Trinajstić information content (AvgIpc) is 3.02. The zero-order chi connectivity index (χ0) is 20.4. The number of allylic oxidation sites excluding steroid dienone is 5. The number of rotatable bonds is 4. The van der Waals surface area contributed by atoms with E-state index in [9.17, 15) is 19.9 Å². The number of hydrogen-bond donors (Lipinski definition) is 1. The molecule has 0 saturated carbocycles.